The minimum atomic E-state index is -5.66. The predicted molar refractivity (Wildman–Crippen MR) is 82.3 cm³/mol. The molecular weight excluding hydrogens is 362 g/mol. The number of aryl methyl sites for hydroxylation is 2. The normalized spacial score (nSPS) is 18.0. The highest BCUT2D eigenvalue weighted by Crippen LogP contribution is 2.35. The number of sulfone groups is 1. The molecule has 1 aliphatic heterocycles. The third kappa shape index (κ3) is 3.35. The van der Waals surface area contributed by atoms with E-state index in [2.05, 4.69) is 10.3 Å². The van der Waals surface area contributed by atoms with Gasteiger partial charge in [-0.2, -0.15) is 13.2 Å². The Hall–Kier alpha value is -2.10. The van der Waals surface area contributed by atoms with Gasteiger partial charge in [0, 0.05) is 25.2 Å². The maximum Gasteiger partial charge on any atom is 0.501 e. The first-order chi connectivity index (χ1) is 11.6. The van der Waals surface area contributed by atoms with Crippen LogP contribution in [0.5, 0.6) is 0 Å². The molecule has 0 bridgehead atoms. The van der Waals surface area contributed by atoms with E-state index in [1.165, 1.54) is 0 Å². The molecule has 0 amide bonds. The third-order valence-electron chi connectivity index (χ3n) is 4.01. The lowest BCUT2D eigenvalue weighted by Crippen LogP contribution is -2.32. The zero-order chi connectivity index (χ0) is 18.4. The smallest absolute Gasteiger partial charge is 0.379 e. The average Bonchev–Trinajstić information content (AvgIpc) is 2.87. The zero-order valence-corrected chi connectivity index (χ0v) is 14.0. The summed E-state index contributed by atoms with van der Waals surface area (Å²) < 4.78 is 77.3. The number of fused-ring (bicyclic) bond motifs is 1. The van der Waals surface area contributed by atoms with Crippen LogP contribution in [0.3, 0.4) is 0 Å². The lowest BCUT2D eigenvalue weighted by Gasteiger charge is -2.26. The first-order valence-corrected chi connectivity index (χ1v) is 8.96. The van der Waals surface area contributed by atoms with Gasteiger partial charge in [-0.1, -0.05) is 0 Å². The van der Waals surface area contributed by atoms with Crippen LogP contribution in [0.4, 0.5) is 23.2 Å². The van der Waals surface area contributed by atoms with Gasteiger partial charge >= 0.3 is 5.51 Å². The number of rotatable bonds is 3. The first kappa shape index (κ1) is 17.7. The van der Waals surface area contributed by atoms with Gasteiger partial charge in [0.15, 0.2) is 0 Å². The van der Waals surface area contributed by atoms with E-state index < -0.39 is 26.1 Å². The van der Waals surface area contributed by atoms with Gasteiger partial charge in [0.2, 0.25) is 0 Å². The highest BCUT2D eigenvalue weighted by Gasteiger charge is 2.48. The molecule has 25 heavy (non-hydrogen) atoms. The van der Waals surface area contributed by atoms with Crippen molar-refractivity contribution in [1.82, 2.24) is 9.55 Å². The molecule has 1 aliphatic rings. The second kappa shape index (κ2) is 6.01. The quantitative estimate of drug-likeness (QED) is 0.835. The molecule has 2 aromatic rings. The molecular formula is C15H15F4N3O2S. The van der Waals surface area contributed by atoms with Crippen molar-refractivity contribution in [2.75, 3.05) is 5.32 Å². The maximum atomic E-state index is 13.4. The van der Waals surface area contributed by atoms with Gasteiger partial charge in [-0.15, -0.1) is 0 Å². The second-order valence-corrected chi connectivity index (χ2v) is 7.83. The fourth-order valence-electron chi connectivity index (χ4n) is 2.89. The molecule has 3 rings (SSSR count). The van der Waals surface area contributed by atoms with Crippen molar-refractivity contribution in [2.24, 2.45) is 0 Å². The summed E-state index contributed by atoms with van der Waals surface area (Å²) in [6.07, 6.45) is 2.99. The van der Waals surface area contributed by atoms with E-state index in [1.807, 2.05) is 17.7 Å². The molecule has 0 saturated heterocycles. The minimum absolute atomic E-state index is 0.260. The van der Waals surface area contributed by atoms with Crippen molar-refractivity contribution in [3.05, 3.63) is 41.7 Å². The second-order valence-electron chi connectivity index (χ2n) is 5.92. The summed E-state index contributed by atoms with van der Waals surface area (Å²) in [5, 5.41) is 2.81. The molecule has 0 saturated carbocycles. The highest BCUT2D eigenvalue weighted by atomic mass is 32.2. The first-order valence-electron chi connectivity index (χ1n) is 7.48. The van der Waals surface area contributed by atoms with E-state index in [0.717, 1.165) is 23.7 Å². The number of imidazole rings is 1. The summed E-state index contributed by atoms with van der Waals surface area (Å²) in [5.74, 6) is -0.178. The van der Waals surface area contributed by atoms with Crippen molar-refractivity contribution in [2.45, 2.75) is 42.8 Å². The standard InChI is InChI=1S/C15H15F4N3O2S/c1-9-7-22-8-11(3-5-14(22)20-9)21-12-4-2-10(16)6-13(12)25(23,24)15(17,18)19/h2,4,6-7,11,21H,3,5,8H2,1H3. The number of aromatic nitrogens is 2. The Morgan fingerprint density at radius 1 is 1.32 bits per heavy atom. The van der Waals surface area contributed by atoms with Crippen LogP contribution in [-0.2, 0) is 22.8 Å². The van der Waals surface area contributed by atoms with Crippen LogP contribution in [0, 0.1) is 12.7 Å². The molecule has 0 spiro atoms. The number of halogens is 4. The van der Waals surface area contributed by atoms with Crippen LogP contribution >= 0.6 is 0 Å². The summed E-state index contributed by atoms with van der Waals surface area (Å²) >= 11 is 0. The van der Waals surface area contributed by atoms with Crippen molar-refractivity contribution in [3.8, 4) is 0 Å². The SMILES string of the molecule is Cc1cn2c(n1)CCC(Nc1ccc(F)cc1S(=O)(=O)C(F)(F)F)C2. The molecule has 5 nitrogen and oxygen atoms in total. The summed E-state index contributed by atoms with van der Waals surface area (Å²) in [6, 6.07) is 2.03. The van der Waals surface area contributed by atoms with Crippen molar-refractivity contribution in [1.29, 1.82) is 0 Å². The highest BCUT2D eigenvalue weighted by molar-refractivity contribution is 7.92. The van der Waals surface area contributed by atoms with E-state index >= 15 is 0 Å². The average molecular weight is 377 g/mol. The van der Waals surface area contributed by atoms with Crippen LogP contribution in [0.25, 0.3) is 0 Å². The molecule has 2 heterocycles. The van der Waals surface area contributed by atoms with Crippen LogP contribution in [0.2, 0.25) is 0 Å². The van der Waals surface area contributed by atoms with E-state index in [9.17, 15) is 26.0 Å². The van der Waals surface area contributed by atoms with Crippen LogP contribution in [0.1, 0.15) is 17.9 Å². The minimum Gasteiger partial charge on any atom is -0.379 e. The molecule has 1 aromatic heterocycles. The lowest BCUT2D eigenvalue weighted by molar-refractivity contribution is -0.0435. The molecule has 0 fully saturated rings. The molecule has 0 radical (unpaired) electrons. The molecule has 136 valence electrons. The van der Waals surface area contributed by atoms with Gasteiger partial charge in [0.25, 0.3) is 9.84 Å². The summed E-state index contributed by atoms with van der Waals surface area (Å²) in [6.45, 7) is 2.26. The number of alkyl halides is 3. The van der Waals surface area contributed by atoms with E-state index in [4.69, 9.17) is 0 Å². The van der Waals surface area contributed by atoms with E-state index in [0.29, 0.717) is 25.5 Å². The van der Waals surface area contributed by atoms with Crippen LogP contribution < -0.4 is 5.32 Å². The number of hydrogen-bond acceptors (Lipinski definition) is 4. The maximum absolute atomic E-state index is 13.4. The number of hydrogen-bond donors (Lipinski definition) is 1. The van der Waals surface area contributed by atoms with Gasteiger partial charge in [-0.25, -0.2) is 17.8 Å². The van der Waals surface area contributed by atoms with Crippen molar-refractivity contribution in [3.63, 3.8) is 0 Å². The zero-order valence-electron chi connectivity index (χ0n) is 13.1. The van der Waals surface area contributed by atoms with E-state index in [-0.39, 0.29) is 11.7 Å². The number of benzene rings is 1. The Morgan fingerprint density at radius 3 is 2.72 bits per heavy atom. The van der Waals surface area contributed by atoms with Gasteiger partial charge in [0.05, 0.1) is 11.4 Å². The summed E-state index contributed by atoms with van der Waals surface area (Å²) in [4.78, 5) is 3.23. The third-order valence-corrected chi connectivity index (χ3v) is 5.54. The Morgan fingerprint density at radius 2 is 2.04 bits per heavy atom. The molecule has 1 N–H and O–H groups in total. The largest absolute Gasteiger partial charge is 0.501 e. The number of nitrogens with one attached hydrogen (secondary N) is 1. The number of anilines is 1. The van der Waals surface area contributed by atoms with Crippen LogP contribution in [-0.4, -0.2) is 29.5 Å². The summed E-state index contributed by atoms with van der Waals surface area (Å²) in [5.41, 5.74) is -4.93. The van der Waals surface area contributed by atoms with Gasteiger partial charge in [-0.05, 0) is 31.5 Å². The Bertz CT molecular complexity index is 906. The molecule has 1 aromatic carbocycles. The van der Waals surface area contributed by atoms with Crippen molar-refractivity contribution < 1.29 is 26.0 Å². The molecule has 0 aliphatic carbocycles. The molecule has 1 atom stereocenters. The fraction of sp³-hybridized carbons (Fsp3) is 0.400. The van der Waals surface area contributed by atoms with Crippen LogP contribution in [0.15, 0.2) is 29.3 Å². The van der Waals surface area contributed by atoms with Gasteiger partial charge < -0.3 is 9.88 Å². The van der Waals surface area contributed by atoms with Gasteiger partial charge in [-0.3, -0.25) is 0 Å². The van der Waals surface area contributed by atoms with Gasteiger partial charge in [0.1, 0.15) is 16.5 Å². The summed E-state index contributed by atoms with van der Waals surface area (Å²) in [7, 11) is -5.66. The molecule has 10 heteroatoms. The fourth-order valence-corrected chi connectivity index (χ4v) is 3.82. The Labute approximate surface area is 141 Å². The topological polar surface area (TPSA) is 64.0 Å². The monoisotopic (exact) mass is 377 g/mol. The lowest BCUT2D eigenvalue weighted by atomic mass is 10.1. The Balaban J connectivity index is 1.92. The predicted octanol–water partition coefficient (Wildman–Crippen LogP) is 3.05. The Kier molecular flexibility index (Phi) is 4.26. The number of nitrogens with zero attached hydrogens (tertiary/aromatic N) is 2. The van der Waals surface area contributed by atoms with E-state index in [1.54, 1.807) is 0 Å². The van der Waals surface area contributed by atoms with Crippen molar-refractivity contribution >= 4 is 15.5 Å². The molecule has 1 unspecified atom stereocenters.